The molecule has 0 bridgehead atoms. The summed E-state index contributed by atoms with van der Waals surface area (Å²) in [5, 5.41) is 13.2. The van der Waals surface area contributed by atoms with Crippen LogP contribution in [0.5, 0.6) is 0 Å². The molecule has 1 aromatic carbocycles. The largest absolute Gasteiger partial charge is 0.399 e. The van der Waals surface area contributed by atoms with Gasteiger partial charge in [-0.05, 0) is 52.3 Å². The van der Waals surface area contributed by atoms with Crippen molar-refractivity contribution in [3.8, 4) is 6.07 Å². The Balaban J connectivity index is 1.54. The molecule has 2 heterocycles. The molecule has 0 spiro atoms. The van der Waals surface area contributed by atoms with Crippen LogP contribution < -0.4 is 16.0 Å². The molecule has 4 rings (SSSR count). The van der Waals surface area contributed by atoms with Crippen LogP contribution in [0.4, 0.5) is 14.5 Å². The molecule has 3 aliphatic rings. The summed E-state index contributed by atoms with van der Waals surface area (Å²) in [6.45, 7) is 8.97. The van der Waals surface area contributed by atoms with Crippen LogP contribution in [0.2, 0.25) is 0 Å². The van der Waals surface area contributed by atoms with Gasteiger partial charge >= 0.3 is 11.3 Å². The highest BCUT2D eigenvalue weighted by molar-refractivity contribution is 6.32. The molecule has 0 aromatic heterocycles. The normalized spacial score (nSPS) is 26.4. The number of hydrogen-bond acceptors (Lipinski definition) is 5. The number of carbonyl (C=O) groups is 4. The molecular formula is C27H32ClF2N5O4. The van der Waals surface area contributed by atoms with E-state index in [-0.39, 0.29) is 36.1 Å². The third-order valence-electron chi connectivity index (χ3n) is 8.26. The van der Waals surface area contributed by atoms with E-state index in [4.69, 9.17) is 11.6 Å². The topological polar surface area (TPSA) is 131 Å². The Bertz CT molecular complexity index is 1250. The highest BCUT2D eigenvalue weighted by atomic mass is 35.5. The summed E-state index contributed by atoms with van der Waals surface area (Å²) in [5.41, 5.74) is 0.159. The Morgan fingerprint density at radius 3 is 2.46 bits per heavy atom. The van der Waals surface area contributed by atoms with Gasteiger partial charge in [-0.15, -0.1) is 0 Å². The van der Waals surface area contributed by atoms with Gasteiger partial charge in [-0.2, -0.15) is 14.0 Å². The smallest absolute Gasteiger partial charge is 0.339 e. The molecule has 1 aromatic rings. The first kappa shape index (κ1) is 28.7. The summed E-state index contributed by atoms with van der Waals surface area (Å²) < 4.78 is 26.9. The third-order valence-corrected chi connectivity index (χ3v) is 8.43. The summed E-state index contributed by atoms with van der Waals surface area (Å²) in [4.78, 5) is 53.2. The second-order valence-electron chi connectivity index (χ2n) is 12.2. The second-order valence-corrected chi connectivity index (χ2v) is 12.7. The monoisotopic (exact) mass is 563 g/mol. The molecule has 6 atom stereocenters. The van der Waals surface area contributed by atoms with Gasteiger partial charge in [0.25, 0.3) is 0 Å². The van der Waals surface area contributed by atoms with Crippen molar-refractivity contribution in [2.75, 3.05) is 11.9 Å². The predicted octanol–water partition coefficient (Wildman–Crippen LogP) is 2.97. The van der Waals surface area contributed by atoms with Gasteiger partial charge < -0.3 is 20.9 Å². The number of nitrogens with zero attached hydrogens (tertiary/aromatic N) is 2. The first-order valence-corrected chi connectivity index (χ1v) is 13.1. The number of piperidine rings is 1. The summed E-state index contributed by atoms with van der Waals surface area (Å²) in [6.07, 6.45) is 0.0364. The number of hydrogen-bond donors (Lipinski definition) is 3. The van der Waals surface area contributed by atoms with Crippen LogP contribution >= 0.6 is 11.6 Å². The lowest BCUT2D eigenvalue weighted by Gasteiger charge is -2.38. The quantitative estimate of drug-likeness (QED) is 0.439. The van der Waals surface area contributed by atoms with Gasteiger partial charge in [0.15, 0.2) is 0 Å². The number of nitrogens with one attached hydrogen (secondary N) is 3. The number of amides is 4. The molecule has 210 valence electrons. The Kier molecular flexibility index (Phi) is 7.17. The van der Waals surface area contributed by atoms with Crippen LogP contribution in [0.3, 0.4) is 0 Å². The van der Waals surface area contributed by atoms with E-state index in [0.717, 1.165) is 5.56 Å². The number of para-hydroxylation sites is 1. The van der Waals surface area contributed by atoms with Crippen molar-refractivity contribution in [1.29, 1.82) is 5.26 Å². The van der Waals surface area contributed by atoms with Crippen LogP contribution in [0, 0.1) is 34.0 Å². The van der Waals surface area contributed by atoms with Crippen molar-refractivity contribution >= 4 is 40.9 Å². The van der Waals surface area contributed by atoms with E-state index in [1.54, 1.807) is 45.0 Å². The zero-order chi connectivity index (χ0) is 29.1. The molecule has 0 radical (unpaired) electrons. The fourth-order valence-electron chi connectivity index (χ4n) is 5.99. The van der Waals surface area contributed by atoms with Gasteiger partial charge in [-0.1, -0.05) is 52.8 Å². The average molecular weight is 564 g/mol. The summed E-state index contributed by atoms with van der Waals surface area (Å²) >= 11 is 4.88. The number of halogens is 3. The van der Waals surface area contributed by atoms with E-state index in [1.165, 1.54) is 4.90 Å². The number of likely N-dealkylation sites (tertiary alicyclic amines) is 1. The van der Waals surface area contributed by atoms with Gasteiger partial charge in [0.2, 0.25) is 17.7 Å². The number of fused-ring (bicyclic) bond motifs is 2. The third kappa shape index (κ3) is 5.31. The van der Waals surface area contributed by atoms with Crippen LogP contribution in [0.25, 0.3) is 0 Å². The zero-order valence-electron chi connectivity index (χ0n) is 22.3. The molecule has 12 heteroatoms. The fraction of sp³-hybridized carbons (Fsp3) is 0.593. The number of rotatable bonds is 7. The number of nitriles is 1. The van der Waals surface area contributed by atoms with Crippen molar-refractivity contribution in [2.24, 2.45) is 22.7 Å². The van der Waals surface area contributed by atoms with Crippen molar-refractivity contribution in [2.45, 2.75) is 70.5 Å². The lowest BCUT2D eigenvalue weighted by Crippen LogP contribution is -2.61. The molecular weight excluding hydrogens is 532 g/mol. The van der Waals surface area contributed by atoms with Gasteiger partial charge in [0.1, 0.15) is 18.1 Å². The highest BCUT2D eigenvalue weighted by Crippen LogP contribution is 2.65. The molecule has 9 nitrogen and oxygen atoms in total. The lowest BCUT2D eigenvalue weighted by molar-refractivity contribution is -0.148. The molecule has 39 heavy (non-hydrogen) atoms. The maximum atomic E-state index is 13.7. The number of benzene rings is 1. The number of anilines is 1. The minimum Gasteiger partial charge on any atom is -0.339 e. The summed E-state index contributed by atoms with van der Waals surface area (Å²) in [5.74, 6) is -4.19. The first-order valence-electron chi connectivity index (χ1n) is 12.8. The SMILES string of the molecule is CC(C)(C)C(NC(=O)C(F)(F)Cl)C(=O)N1CC2C(C1C(=O)NC(C#N)CC1C(=O)Nc3ccccc31)C2(C)C. The van der Waals surface area contributed by atoms with Crippen molar-refractivity contribution in [3.05, 3.63) is 29.8 Å². The molecule has 1 saturated carbocycles. The van der Waals surface area contributed by atoms with Crippen LogP contribution in [-0.2, 0) is 19.2 Å². The predicted molar refractivity (Wildman–Crippen MR) is 138 cm³/mol. The van der Waals surface area contributed by atoms with Crippen molar-refractivity contribution in [3.63, 3.8) is 0 Å². The van der Waals surface area contributed by atoms with Crippen molar-refractivity contribution in [1.82, 2.24) is 15.5 Å². The van der Waals surface area contributed by atoms with Gasteiger partial charge in [0.05, 0.1) is 12.0 Å². The molecule has 4 amide bonds. The lowest BCUT2D eigenvalue weighted by atomic mass is 9.85. The first-order chi connectivity index (χ1) is 18.0. The molecule has 1 aliphatic carbocycles. The number of alkyl halides is 3. The Morgan fingerprint density at radius 2 is 1.87 bits per heavy atom. The maximum absolute atomic E-state index is 13.7. The van der Waals surface area contributed by atoms with E-state index in [0.29, 0.717) is 5.69 Å². The molecule has 3 N–H and O–H groups in total. The standard InChI is InChI=1S/C27H32ClF2N5O4/c1-25(2,3)20(34-24(39)27(28,29)30)23(38)35-12-16-18(26(16,4)5)19(35)22(37)32-13(11-31)10-15-14-8-6-7-9-17(14)33-21(15)36/h6-9,13,15-16,18-20H,10,12H2,1-5H3,(H,32,37)(H,33,36)(H,34,39). The van der Waals surface area contributed by atoms with E-state index < -0.39 is 52.6 Å². The van der Waals surface area contributed by atoms with E-state index in [2.05, 4.69) is 16.0 Å². The Labute approximate surface area is 230 Å². The number of carbonyl (C=O) groups excluding carboxylic acids is 4. The van der Waals surface area contributed by atoms with Gasteiger partial charge in [-0.25, -0.2) is 0 Å². The van der Waals surface area contributed by atoms with Crippen LogP contribution in [-0.4, -0.2) is 58.6 Å². The van der Waals surface area contributed by atoms with E-state index >= 15 is 0 Å². The van der Waals surface area contributed by atoms with E-state index in [9.17, 15) is 33.2 Å². The maximum Gasteiger partial charge on any atom is 0.399 e. The van der Waals surface area contributed by atoms with Crippen LogP contribution in [0.1, 0.15) is 52.5 Å². The summed E-state index contributed by atoms with van der Waals surface area (Å²) in [7, 11) is 0. The van der Waals surface area contributed by atoms with Crippen molar-refractivity contribution < 1.29 is 28.0 Å². The molecule has 6 unspecified atom stereocenters. The Morgan fingerprint density at radius 1 is 1.23 bits per heavy atom. The minimum atomic E-state index is -4.21. The zero-order valence-corrected chi connectivity index (χ0v) is 23.1. The average Bonchev–Trinajstić information content (AvgIpc) is 3.15. The van der Waals surface area contributed by atoms with Crippen LogP contribution in [0.15, 0.2) is 24.3 Å². The fourth-order valence-corrected chi connectivity index (χ4v) is 6.04. The summed E-state index contributed by atoms with van der Waals surface area (Å²) in [6, 6.07) is 5.78. The van der Waals surface area contributed by atoms with Gasteiger partial charge in [0, 0.05) is 12.2 Å². The minimum absolute atomic E-state index is 0.0176. The van der Waals surface area contributed by atoms with E-state index in [1.807, 2.05) is 19.9 Å². The van der Waals surface area contributed by atoms with Gasteiger partial charge in [-0.3, -0.25) is 19.2 Å². The Hall–Kier alpha value is -3.26. The second kappa shape index (κ2) is 9.73. The molecule has 2 fully saturated rings. The molecule has 1 saturated heterocycles. The highest BCUT2D eigenvalue weighted by Gasteiger charge is 2.70. The molecule has 2 aliphatic heterocycles.